The van der Waals surface area contributed by atoms with Gasteiger partial charge in [-0.05, 0) is 34.9 Å². The molecule has 0 bridgehead atoms. The van der Waals surface area contributed by atoms with E-state index in [-0.39, 0.29) is 0 Å². The molecular formula is C21H19N. The van der Waals surface area contributed by atoms with Crippen LogP contribution < -0.4 is 4.90 Å². The van der Waals surface area contributed by atoms with Crippen molar-refractivity contribution in [3.63, 3.8) is 0 Å². The van der Waals surface area contributed by atoms with Crippen LogP contribution in [0.2, 0.25) is 0 Å². The molecule has 0 aliphatic carbocycles. The molecule has 0 fully saturated rings. The van der Waals surface area contributed by atoms with Gasteiger partial charge in [0.05, 0.1) is 0 Å². The van der Waals surface area contributed by atoms with Gasteiger partial charge >= 0.3 is 0 Å². The Morgan fingerprint density at radius 2 is 1.55 bits per heavy atom. The molecule has 1 aliphatic rings. The summed E-state index contributed by atoms with van der Waals surface area (Å²) in [6.45, 7) is 1.09. The predicted octanol–water partition coefficient (Wildman–Crippen LogP) is 5.18. The Kier molecular flexibility index (Phi) is 3.40. The van der Waals surface area contributed by atoms with Crippen molar-refractivity contribution in [2.45, 2.75) is 12.8 Å². The molecule has 22 heavy (non-hydrogen) atoms. The standard InChI is InChI=1S/C21H19N/c1-2-11-19(12-3-1)22-15-7-13-20(22)16-18-10-6-9-17-8-4-5-14-21(17)18/h1-6,8-14H,7,15-16H2. The van der Waals surface area contributed by atoms with Gasteiger partial charge < -0.3 is 4.90 Å². The van der Waals surface area contributed by atoms with E-state index in [0.29, 0.717) is 0 Å². The summed E-state index contributed by atoms with van der Waals surface area (Å²) in [5.74, 6) is 0. The van der Waals surface area contributed by atoms with Crippen LogP contribution in [0.15, 0.2) is 84.6 Å². The van der Waals surface area contributed by atoms with Gasteiger partial charge in [-0.15, -0.1) is 0 Å². The van der Waals surface area contributed by atoms with Gasteiger partial charge in [0.2, 0.25) is 0 Å². The normalized spacial score (nSPS) is 14.4. The van der Waals surface area contributed by atoms with Crippen LogP contribution in [0, 0.1) is 0 Å². The molecule has 4 rings (SSSR count). The zero-order chi connectivity index (χ0) is 14.8. The first-order valence-corrected chi connectivity index (χ1v) is 7.90. The lowest BCUT2D eigenvalue weighted by Gasteiger charge is -2.23. The first-order valence-electron chi connectivity index (χ1n) is 7.90. The molecule has 1 nitrogen and oxygen atoms in total. The summed E-state index contributed by atoms with van der Waals surface area (Å²) in [7, 11) is 0. The van der Waals surface area contributed by atoms with Crippen molar-refractivity contribution in [1.82, 2.24) is 0 Å². The van der Waals surface area contributed by atoms with Crippen LogP contribution in [0.4, 0.5) is 5.69 Å². The first-order chi connectivity index (χ1) is 10.9. The van der Waals surface area contributed by atoms with E-state index in [1.807, 2.05) is 0 Å². The van der Waals surface area contributed by atoms with Crippen molar-refractivity contribution < 1.29 is 0 Å². The van der Waals surface area contributed by atoms with Gasteiger partial charge in [0.1, 0.15) is 0 Å². The molecule has 0 spiro atoms. The average molecular weight is 285 g/mol. The number of rotatable bonds is 3. The molecule has 0 atom stereocenters. The highest BCUT2D eigenvalue weighted by Crippen LogP contribution is 2.29. The Morgan fingerprint density at radius 1 is 0.773 bits per heavy atom. The molecule has 0 saturated heterocycles. The van der Waals surface area contributed by atoms with E-state index in [1.54, 1.807) is 0 Å². The fourth-order valence-electron chi connectivity index (χ4n) is 3.33. The molecule has 0 radical (unpaired) electrons. The largest absolute Gasteiger partial charge is 0.345 e. The van der Waals surface area contributed by atoms with Crippen LogP contribution in [0.5, 0.6) is 0 Å². The minimum atomic E-state index is 0.996. The van der Waals surface area contributed by atoms with Crippen molar-refractivity contribution in [1.29, 1.82) is 0 Å². The maximum atomic E-state index is 2.45. The van der Waals surface area contributed by atoms with Crippen LogP contribution >= 0.6 is 0 Å². The van der Waals surface area contributed by atoms with Crippen molar-refractivity contribution in [3.05, 3.63) is 90.1 Å². The van der Waals surface area contributed by atoms with Crippen molar-refractivity contribution in [2.24, 2.45) is 0 Å². The Hall–Kier alpha value is -2.54. The van der Waals surface area contributed by atoms with Gasteiger partial charge in [0.25, 0.3) is 0 Å². The van der Waals surface area contributed by atoms with Gasteiger partial charge in [-0.3, -0.25) is 0 Å². The Morgan fingerprint density at radius 3 is 2.45 bits per heavy atom. The quantitative estimate of drug-likeness (QED) is 0.641. The number of allylic oxidation sites excluding steroid dienone is 1. The second kappa shape index (κ2) is 5.69. The summed E-state index contributed by atoms with van der Waals surface area (Å²) >= 11 is 0. The lowest BCUT2D eigenvalue weighted by atomic mass is 10.0. The maximum Gasteiger partial charge on any atom is 0.0408 e. The Balaban J connectivity index is 1.67. The van der Waals surface area contributed by atoms with Gasteiger partial charge in [-0.2, -0.15) is 0 Å². The van der Waals surface area contributed by atoms with Crippen molar-refractivity contribution in [3.8, 4) is 0 Å². The fourth-order valence-corrected chi connectivity index (χ4v) is 3.33. The van der Waals surface area contributed by atoms with E-state index >= 15 is 0 Å². The predicted molar refractivity (Wildman–Crippen MR) is 94.1 cm³/mol. The van der Waals surface area contributed by atoms with E-state index < -0.39 is 0 Å². The topological polar surface area (TPSA) is 3.24 Å². The average Bonchev–Trinajstić information content (AvgIpc) is 3.04. The number of benzene rings is 3. The number of nitrogens with zero attached hydrogens (tertiary/aromatic N) is 1. The van der Waals surface area contributed by atoms with E-state index in [4.69, 9.17) is 0 Å². The van der Waals surface area contributed by atoms with Crippen molar-refractivity contribution >= 4 is 16.5 Å². The van der Waals surface area contributed by atoms with Crippen molar-refractivity contribution in [2.75, 3.05) is 11.4 Å². The summed E-state index contributed by atoms with van der Waals surface area (Å²) in [6.07, 6.45) is 4.51. The molecule has 3 aromatic rings. The highest BCUT2D eigenvalue weighted by Gasteiger charge is 2.17. The molecule has 1 aliphatic heterocycles. The van der Waals surface area contributed by atoms with Crippen LogP contribution in [-0.4, -0.2) is 6.54 Å². The number of anilines is 1. The van der Waals surface area contributed by atoms with Gasteiger partial charge in [-0.25, -0.2) is 0 Å². The second-order valence-corrected chi connectivity index (χ2v) is 5.79. The smallest absolute Gasteiger partial charge is 0.0408 e. The Labute approximate surface area is 131 Å². The summed E-state index contributed by atoms with van der Waals surface area (Å²) in [6, 6.07) is 26.0. The number of hydrogen-bond donors (Lipinski definition) is 0. The highest BCUT2D eigenvalue weighted by atomic mass is 15.2. The van der Waals surface area contributed by atoms with Gasteiger partial charge in [-0.1, -0.05) is 66.7 Å². The minimum absolute atomic E-state index is 0.996. The highest BCUT2D eigenvalue weighted by molar-refractivity contribution is 5.86. The first kappa shape index (κ1) is 13.1. The number of para-hydroxylation sites is 1. The third kappa shape index (κ3) is 2.39. The molecule has 0 amide bonds. The lowest BCUT2D eigenvalue weighted by Crippen LogP contribution is -2.19. The molecular weight excluding hydrogens is 266 g/mol. The number of hydrogen-bond acceptors (Lipinski definition) is 1. The maximum absolute atomic E-state index is 2.45. The lowest BCUT2D eigenvalue weighted by molar-refractivity contribution is 0.940. The van der Waals surface area contributed by atoms with E-state index in [1.165, 1.54) is 27.7 Å². The third-order valence-corrected chi connectivity index (χ3v) is 4.40. The summed E-state index contributed by atoms with van der Waals surface area (Å²) < 4.78 is 0. The molecule has 1 heteroatoms. The SMILES string of the molecule is C1=C(Cc2cccc3ccccc23)N(c2ccccc2)CC1. The second-order valence-electron chi connectivity index (χ2n) is 5.79. The zero-order valence-electron chi connectivity index (χ0n) is 12.6. The van der Waals surface area contributed by atoms with E-state index in [2.05, 4.69) is 83.8 Å². The molecule has 108 valence electrons. The molecule has 1 heterocycles. The summed E-state index contributed by atoms with van der Waals surface area (Å²) in [4.78, 5) is 2.45. The molecule has 0 unspecified atom stereocenters. The Bertz CT molecular complexity index is 812. The monoisotopic (exact) mass is 285 g/mol. The summed E-state index contributed by atoms with van der Waals surface area (Å²) in [5, 5.41) is 2.69. The van der Waals surface area contributed by atoms with Crippen LogP contribution in [-0.2, 0) is 6.42 Å². The van der Waals surface area contributed by atoms with E-state index in [9.17, 15) is 0 Å². The van der Waals surface area contributed by atoms with E-state index in [0.717, 1.165) is 19.4 Å². The van der Waals surface area contributed by atoms with Gasteiger partial charge in [0.15, 0.2) is 0 Å². The van der Waals surface area contributed by atoms with Gasteiger partial charge in [0, 0.05) is 24.4 Å². The van der Waals surface area contributed by atoms with Crippen LogP contribution in [0.25, 0.3) is 10.8 Å². The fraction of sp³-hybridized carbons (Fsp3) is 0.143. The summed E-state index contributed by atoms with van der Waals surface area (Å²) in [5.41, 5.74) is 4.13. The molecule has 0 aromatic heterocycles. The zero-order valence-corrected chi connectivity index (χ0v) is 12.6. The third-order valence-electron chi connectivity index (χ3n) is 4.40. The number of fused-ring (bicyclic) bond motifs is 1. The molecule has 3 aromatic carbocycles. The van der Waals surface area contributed by atoms with Crippen LogP contribution in [0.1, 0.15) is 12.0 Å². The van der Waals surface area contributed by atoms with Crippen LogP contribution in [0.3, 0.4) is 0 Å². The molecule has 0 N–H and O–H groups in total. The molecule has 0 saturated carbocycles. The minimum Gasteiger partial charge on any atom is -0.345 e.